The third-order valence-corrected chi connectivity index (χ3v) is 8.82. The van der Waals surface area contributed by atoms with Crippen molar-refractivity contribution in [3.05, 3.63) is 91.9 Å². The molecule has 0 aliphatic carbocycles. The predicted octanol–water partition coefficient (Wildman–Crippen LogP) is 5.76. The molecule has 3 aromatic rings. The highest BCUT2D eigenvalue weighted by Gasteiger charge is 2.44. The van der Waals surface area contributed by atoms with Gasteiger partial charge in [-0.25, -0.2) is 4.79 Å². The van der Waals surface area contributed by atoms with Crippen molar-refractivity contribution >= 4 is 41.2 Å². The highest BCUT2D eigenvalue weighted by Crippen LogP contribution is 2.45. The maximum Gasteiger partial charge on any atom is 0.510 e. The number of rotatable bonds is 9. The Morgan fingerprint density at radius 1 is 1.18 bits per heavy atom. The Hall–Kier alpha value is -4.17. The predicted molar refractivity (Wildman–Crippen MR) is 160 cm³/mol. The lowest BCUT2D eigenvalue weighted by Gasteiger charge is -2.33. The van der Waals surface area contributed by atoms with E-state index < -0.39 is 71.8 Å². The standard InChI is InChI=1S/C30H29ClF3N3O7S/c1-16(38)21-13-37(35)25(27(26(21)39)43-15-44-29(41)42-3)28(40)36(17(2)30(32,33)34)12-11-20-19-8-4-5-10-23(19)45-14-18-7-6-9-22(31)24(18)20/h4-10,13,17,20H,11-12,14-15,35H2,1-3H3/t17-,20-/m1/s1. The van der Waals surface area contributed by atoms with E-state index in [2.05, 4.69) is 9.47 Å². The van der Waals surface area contributed by atoms with Crippen LogP contribution in [0.4, 0.5) is 18.0 Å². The number of pyridine rings is 1. The van der Waals surface area contributed by atoms with Crippen LogP contribution in [0.1, 0.15) is 63.7 Å². The molecule has 2 heterocycles. The van der Waals surface area contributed by atoms with Crippen LogP contribution in [0.3, 0.4) is 0 Å². The van der Waals surface area contributed by atoms with Gasteiger partial charge in [0.2, 0.25) is 18.0 Å². The van der Waals surface area contributed by atoms with E-state index >= 15 is 0 Å². The highest BCUT2D eigenvalue weighted by atomic mass is 35.5. The summed E-state index contributed by atoms with van der Waals surface area (Å²) < 4.78 is 57.5. The van der Waals surface area contributed by atoms with E-state index in [0.29, 0.717) is 20.4 Å². The van der Waals surface area contributed by atoms with Crippen LogP contribution in [-0.4, -0.2) is 60.1 Å². The molecule has 1 aliphatic heterocycles. The second-order valence-corrected chi connectivity index (χ2v) is 11.5. The third-order valence-electron chi connectivity index (χ3n) is 7.35. The van der Waals surface area contributed by atoms with Crippen LogP contribution in [-0.2, 0) is 15.2 Å². The Morgan fingerprint density at radius 3 is 2.56 bits per heavy atom. The third kappa shape index (κ3) is 7.22. The molecule has 0 saturated heterocycles. The van der Waals surface area contributed by atoms with Gasteiger partial charge in [-0.15, -0.1) is 11.8 Å². The van der Waals surface area contributed by atoms with Gasteiger partial charge in [0, 0.05) is 34.3 Å². The van der Waals surface area contributed by atoms with Crippen LogP contribution in [0, 0.1) is 0 Å². The van der Waals surface area contributed by atoms with Gasteiger partial charge in [-0.2, -0.15) is 13.2 Å². The summed E-state index contributed by atoms with van der Waals surface area (Å²) in [5.41, 5.74) is 0.0747. The first-order valence-electron chi connectivity index (χ1n) is 13.5. The summed E-state index contributed by atoms with van der Waals surface area (Å²) in [4.78, 5) is 52.2. The first kappa shape index (κ1) is 33.7. The van der Waals surface area contributed by atoms with Crippen molar-refractivity contribution in [3.8, 4) is 5.75 Å². The number of halogens is 4. The molecular weight excluding hydrogens is 639 g/mol. The fourth-order valence-corrected chi connectivity index (χ4v) is 6.50. The Labute approximate surface area is 265 Å². The minimum atomic E-state index is -4.88. The van der Waals surface area contributed by atoms with E-state index in [-0.39, 0.29) is 6.42 Å². The number of alkyl halides is 3. The molecule has 0 bridgehead atoms. The van der Waals surface area contributed by atoms with Crippen molar-refractivity contribution < 1.29 is 41.8 Å². The molecule has 2 N–H and O–H groups in total. The molecule has 1 aliphatic rings. The zero-order chi connectivity index (χ0) is 33.1. The SMILES string of the molecule is COC(=O)OCOc1c(C(=O)N(CC[C@@H]2c3ccccc3SCc3cccc(Cl)c32)[C@H](C)C(F)(F)F)n(N)cc(C(C)=O)c1=O. The number of amides is 1. The van der Waals surface area contributed by atoms with Gasteiger partial charge in [0.25, 0.3) is 5.91 Å². The number of aromatic nitrogens is 1. The number of carbonyl (C=O) groups excluding carboxylic acids is 3. The van der Waals surface area contributed by atoms with Gasteiger partial charge in [0.15, 0.2) is 11.5 Å². The summed E-state index contributed by atoms with van der Waals surface area (Å²) in [7, 11) is 1.01. The van der Waals surface area contributed by atoms with Gasteiger partial charge in [-0.05, 0) is 49.1 Å². The maximum atomic E-state index is 14.3. The van der Waals surface area contributed by atoms with Crippen molar-refractivity contribution in [2.75, 3.05) is 26.3 Å². The lowest BCUT2D eigenvalue weighted by atomic mass is 9.85. The first-order chi connectivity index (χ1) is 21.3. The average molecular weight is 668 g/mol. The van der Waals surface area contributed by atoms with Gasteiger partial charge < -0.3 is 25.0 Å². The zero-order valence-electron chi connectivity index (χ0n) is 24.4. The van der Waals surface area contributed by atoms with Crippen molar-refractivity contribution in [2.24, 2.45) is 0 Å². The Morgan fingerprint density at radius 2 is 1.89 bits per heavy atom. The van der Waals surface area contributed by atoms with Crippen molar-refractivity contribution in [1.82, 2.24) is 9.58 Å². The molecule has 4 rings (SSSR count). The van der Waals surface area contributed by atoms with Gasteiger partial charge in [-0.3, -0.25) is 19.1 Å². The normalized spacial score (nSPS) is 14.8. The molecule has 15 heteroatoms. The van der Waals surface area contributed by atoms with Gasteiger partial charge >= 0.3 is 12.3 Å². The first-order valence-corrected chi connectivity index (χ1v) is 14.9. The summed E-state index contributed by atoms with van der Waals surface area (Å²) in [6.07, 6.45) is -5.23. The fraction of sp³-hybridized carbons (Fsp3) is 0.333. The monoisotopic (exact) mass is 667 g/mol. The number of thioether (sulfide) groups is 1. The molecule has 0 fully saturated rings. The number of hydrogen-bond acceptors (Lipinski definition) is 9. The fourth-order valence-electron chi connectivity index (χ4n) is 5.06. The summed E-state index contributed by atoms with van der Waals surface area (Å²) in [5, 5.41) is 0.438. The zero-order valence-corrected chi connectivity index (χ0v) is 25.9. The molecule has 1 amide bonds. The Bertz CT molecular complexity index is 1680. The van der Waals surface area contributed by atoms with Crippen molar-refractivity contribution in [2.45, 2.75) is 49.1 Å². The number of nitrogens with two attached hydrogens (primary N) is 1. The number of ketones is 1. The molecule has 10 nitrogen and oxygen atoms in total. The molecule has 0 unspecified atom stereocenters. The summed E-state index contributed by atoms with van der Waals surface area (Å²) in [6, 6.07) is 10.5. The molecule has 0 spiro atoms. The second-order valence-electron chi connectivity index (χ2n) is 10.1. The minimum absolute atomic E-state index is 0.0163. The maximum absolute atomic E-state index is 14.3. The van der Waals surface area contributed by atoms with E-state index in [9.17, 15) is 32.3 Å². The van der Waals surface area contributed by atoms with Gasteiger partial charge in [0.05, 0.1) is 12.7 Å². The van der Waals surface area contributed by atoms with Crippen LogP contribution in [0.2, 0.25) is 5.02 Å². The van der Waals surface area contributed by atoms with E-state index in [0.717, 1.165) is 48.7 Å². The molecule has 240 valence electrons. The lowest BCUT2D eigenvalue weighted by molar-refractivity contribution is -0.172. The second kappa shape index (κ2) is 13.9. The summed E-state index contributed by atoms with van der Waals surface area (Å²) in [5.74, 6) is 3.17. The highest BCUT2D eigenvalue weighted by molar-refractivity contribution is 7.98. The van der Waals surface area contributed by atoms with Crippen LogP contribution < -0.4 is 16.0 Å². The Balaban J connectivity index is 1.80. The minimum Gasteiger partial charge on any atom is -0.451 e. The number of hydrogen-bond donors (Lipinski definition) is 1. The largest absolute Gasteiger partial charge is 0.510 e. The van der Waals surface area contributed by atoms with Crippen LogP contribution >= 0.6 is 23.4 Å². The Kier molecular flexibility index (Phi) is 10.4. The average Bonchev–Trinajstić information content (AvgIpc) is 3.15. The van der Waals surface area contributed by atoms with Crippen molar-refractivity contribution in [3.63, 3.8) is 0 Å². The molecule has 1 aromatic heterocycles. The number of fused-ring (bicyclic) bond motifs is 2. The number of methoxy groups -OCH3 is 1. The molecule has 0 radical (unpaired) electrons. The van der Waals surface area contributed by atoms with E-state index in [4.69, 9.17) is 22.2 Å². The smallest absolute Gasteiger partial charge is 0.451 e. The van der Waals surface area contributed by atoms with Gasteiger partial charge in [-0.1, -0.05) is 41.9 Å². The topological polar surface area (TPSA) is 130 Å². The summed E-state index contributed by atoms with van der Waals surface area (Å²) >= 11 is 8.22. The molecule has 45 heavy (non-hydrogen) atoms. The van der Waals surface area contributed by atoms with Gasteiger partial charge in [0.1, 0.15) is 6.04 Å². The number of nitrogen functional groups attached to an aromatic ring is 1. The number of Topliss-reactive ketones (excluding diaryl/α,β-unsaturated/α-hetero) is 1. The lowest BCUT2D eigenvalue weighted by Crippen LogP contribution is -2.49. The number of carbonyl (C=O) groups is 3. The van der Waals surface area contributed by atoms with E-state index in [1.54, 1.807) is 23.9 Å². The van der Waals surface area contributed by atoms with E-state index in [1.165, 1.54) is 0 Å². The molecule has 2 aromatic carbocycles. The molecule has 0 saturated carbocycles. The molecular formula is C30H29ClF3N3O7S. The number of benzene rings is 2. The number of nitrogens with zero attached hydrogens (tertiary/aromatic N) is 2. The van der Waals surface area contributed by atoms with Crippen molar-refractivity contribution in [1.29, 1.82) is 0 Å². The number of ether oxygens (including phenoxy) is 3. The van der Waals surface area contributed by atoms with Crippen LogP contribution in [0.5, 0.6) is 5.75 Å². The summed E-state index contributed by atoms with van der Waals surface area (Å²) in [6.45, 7) is 0.440. The van der Waals surface area contributed by atoms with Crippen LogP contribution in [0.15, 0.2) is 58.4 Å². The quantitative estimate of drug-likeness (QED) is 0.131. The van der Waals surface area contributed by atoms with E-state index in [1.807, 2.05) is 30.3 Å². The molecule has 2 atom stereocenters. The van der Waals surface area contributed by atoms with Crippen LogP contribution in [0.25, 0.3) is 0 Å².